The molecule has 116 valence electrons. The van der Waals surface area contributed by atoms with Gasteiger partial charge in [-0.1, -0.05) is 20.8 Å². The van der Waals surface area contributed by atoms with E-state index in [0.717, 1.165) is 0 Å². The maximum atomic E-state index is 12.3. The van der Waals surface area contributed by atoms with Crippen LogP contribution in [-0.2, 0) is 4.79 Å². The number of likely N-dealkylation sites (tertiary alicyclic amines) is 1. The van der Waals surface area contributed by atoms with Gasteiger partial charge in [-0.15, -0.1) is 5.10 Å². The SMILES string of the molecule is CCC1(C(=O)O)CCN(C(=O)c2n[nH]c(C(C)C)n2)CC1. The van der Waals surface area contributed by atoms with Crippen molar-refractivity contribution in [2.24, 2.45) is 5.41 Å². The van der Waals surface area contributed by atoms with Gasteiger partial charge in [0.25, 0.3) is 5.91 Å². The Hall–Kier alpha value is -1.92. The molecule has 7 heteroatoms. The normalized spacial score (nSPS) is 18.0. The van der Waals surface area contributed by atoms with Crippen molar-refractivity contribution in [1.29, 1.82) is 0 Å². The Labute approximate surface area is 123 Å². The summed E-state index contributed by atoms with van der Waals surface area (Å²) in [5, 5.41) is 16.1. The lowest BCUT2D eigenvalue weighted by atomic mass is 9.76. The van der Waals surface area contributed by atoms with Crippen LogP contribution in [0.4, 0.5) is 0 Å². The molecule has 0 radical (unpaired) electrons. The van der Waals surface area contributed by atoms with Gasteiger partial charge in [0, 0.05) is 19.0 Å². The molecular formula is C14H22N4O3. The molecule has 0 saturated carbocycles. The molecule has 0 aliphatic carbocycles. The highest BCUT2D eigenvalue weighted by atomic mass is 16.4. The van der Waals surface area contributed by atoms with Crippen molar-refractivity contribution in [2.75, 3.05) is 13.1 Å². The van der Waals surface area contributed by atoms with Gasteiger partial charge in [0.1, 0.15) is 5.82 Å². The first-order valence-corrected chi connectivity index (χ1v) is 7.34. The Morgan fingerprint density at radius 3 is 2.43 bits per heavy atom. The minimum absolute atomic E-state index is 0.165. The lowest BCUT2D eigenvalue weighted by Crippen LogP contribution is -2.46. The number of H-pyrrole nitrogens is 1. The molecule has 0 atom stereocenters. The van der Waals surface area contributed by atoms with Crippen LogP contribution in [0.3, 0.4) is 0 Å². The smallest absolute Gasteiger partial charge is 0.309 e. The van der Waals surface area contributed by atoms with Gasteiger partial charge in [-0.3, -0.25) is 14.7 Å². The predicted octanol–water partition coefficient (Wildman–Crippen LogP) is 1.65. The van der Waals surface area contributed by atoms with Gasteiger partial charge in [-0.25, -0.2) is 4.98 Å². The van der Waals surface area contributed by atoms with Crippen LogP contribution in [0, 0.1) is 5.41 Å². The molecule has 1 amide bonds. The first-order chi connectivity index (χ1) is 9.89. The topological polar surface area (TPSA) is 99.2 Å². The standard InChI is InChI=1S/C14H22N4O3/c1-4-14(13(20)21)5-7-18(8-6-14)12(19)11-15-10(9(2)3)16-17-11/h9H,4-8H2,1-3H3,(H,20,21)(H,15,16,17). The summed E-state index contributed by atoms with van der Waals surface area (Å²) in [5.41, 5.74) is -0.696. The van der Waals surface area contributed by atoms with Crippen molar-refractivity contribution in [3.63, 3.8) is 0 Å². The molecule has 1 aliphatic rings. The maximum absolute atomic E-state index is 12.3. The molecule has 1 fully saturated rings. The number of amides is 1. The number of carbonyl (C=O) groups excluding carboxylic acids is 1. The van der Waals surface area contributed by atoms with Crippen molar-refractivity contribution in [2.45, 2.75) is 46.0 Å². The highest BCUT2D eigenvalue weighted by Gasteiger charge is 2.41. The number of hydrogen-bond donors (Lipinski definition) is 2. The Morgan fingerprint density at radius 2 is 2.00 bits per heavy atom. The molecule has 0 bridgehead atoms. The summed E-state index contributed by atoms with van der Waals surface area (Å²) in [6, 6.07) is 0. The number of nitrogens with zero attached hydrogens (tertiary/aromatic N) is 3. The van der Waals surface area contributed by atoms with Gasteiger partial charge in [0.15, 0.2) is 0 Å². The summed E-state index contributed by atoms with van der Waals surface area (Å²) in [5.74, 6) is 0.0345. The van der Waals surface area contributed by atoms with Gasteiger partial charge < -0.3 is 10.0 Å². The van der Waals surface area contributed by atoms with E-state index in [1.165, 1.54) is 0 Å². The summed E-state index contributed by atoms with van der Waals surface area (Å²) in [4.78, 5) is 29.6. The number of aromatic amines is 1. The van der Waals surface area contributed by atoms with Crippen LogP contribution >= 0.6 is 0 Å². The molecule has 2 rings (SSSR count). The summed E-state index contributed by atoms with van der Waals surface area (Å²) in [7, 11) is 0. The van der Waals surface area contributed by atoms with Crippen LogP contribution in [0.2, 0.25) is 0 Å². The summed E-state index contributed by atoms with van der Waals surface area (Å²) in [6.07, 6.45) is 1.54. The molecule has 0 aromatic carbocycles. The van der Waals surface area contributed by atoms with Crippen LogP contribution in [0.5, 0.6) is 0 Å². The van der Waals surface area contributed by atoms with Gasteiger partial charge in [-0.05, 0) is 19.3 Å². The lowest BCUT2D eigenvalue weighted by Gasteiger charge is -2.37. The molecule has 2 N–H and O–H groups in total. The number of hydrogen-bond acceptors (Lipinski definition) is 4. The fourth-order valence-corrected chi connectivity index (χ4v) is 2.63. The van der Waals surface area contributed by atoms with Crippen molar-refractivity contribution in [1.82, 2.24) is 20.1 Å². The van der Waals surface area contributed by atoms with E-state index in [-0.39, 0.29) is 17.6 Å². The molecule has 21 heavy (non-hydrogen) atoms. The molecular weight excluding hydrogens is 272 g/mol. The number of aliphatic carboxylic acids is 1. The van der Waals surface area contributed by atoms with Crippen molar-refractivity contribution >= 4 is 11.9 Å². The van der Waals surface area contributed by atoms with Gasteiger partial charge in [0.2, 0.25) is 5.82 Å². The Bertz CT molecular complexity index is 530. The quantitative estimate of drug-likeness (QED) is 0.879. The van der Waals surface area contributed by atoms with E-state index in [1.54, 1.807) is 4.90 Å². The average Bonchev–Trinajstić information content (AvgIpc) is 2.96. The number of piperidine rings is 1. The fourth-order valence-electron chi connectivity index (χ4n) is 2.63. The van der Waals surface area contributed by atoms with Gasteiger partial charge in [0.05, 0.1) is 5.41 Å². The highest BCUT2D eigenvalue weighted by molar-refractivity contribution is 5.90. The second kappa shape index (κ2) is 5.83. The Morgan fingerprint density at radius 1 is 1.38 bits per heavy atom. The van der Waals surface area contributed by atoms with E-state index in [1.807, 2.05) is 20.8 Å². The van der Waals surface area contributed by atoms with Crippen LogP contribution in [-0.4, -0.2) is 50.2 Å². The first-order valence-electron chi connectivity index (χ1n) is 7.34. The molecule has 1 aromatic heterocycles. The zero-order valence-corrected chi connectivity index (χ0v) is 12.7. The predicted molar refractivity (Wildman–Crippen MR) is 76.0 cm³/mol. The molecule has 0 spiro atoms. The molecule has 1 saturated heterocycles. The van der Waals surface area contributed by atoms with E-state index in [2.05, 4.69) is 15.2 Å². The Balaban J connectivity index is 2.04. The summed E-state index contributed by atoms with van der Waals surface area (Å²) in [6.45, 7) is 6.70. The second-order valence-electron chi connectivity index (χ2n) is 5.93. The van der Waals surface area contributed by atoms with E-state index in [9.17, 15) is 14.7 Å². The molecule has 2 heterocycles. The maximum Gasteiger partial charge on any atom is 0.309 e. The lowest BCUT2D eigenvalue weighted by molar-refractivity contribution is -0.152. The largest absolute Gasteiger partial charge is 0.481 e. The van der Waals surface area contributed by atoms with Crippen LogP contribution in [0.15, 0.2) is 0 Å². The third-order valence-corrected chi connectivity index (χ3v) is 4.38. The number of aromatic nitrogens is 3. The zero-order chi connectivity index (χ0) is 15.6. The number of carboxylic acids is 1. The zero-order valence-electron chi connectivity index (χ0n) is 12.7. The minimum Gasteiger partial charge on any atom is -0.481 e. The van der Waals surface area contributed by atoms with Gasteiger partial charge >= 0.3 is 5.97 Å². The highest BCUT2D eigenvalue weighted by Crippen LogP contribution is 2.35. The van der Waals surface area contributed by atoms with E-state index < -0.39 is 11.4 Å². The van der Waals surface area contributed by atoms with Crippen molar-refractivity contribution in [3.8, 4) is 0 Å². The fraction of sp³-hybridized carbons (Fsp3) is 0.714. The minimum atomic E-state index is -0.767. The summed E-state index contributed by atoms with van der Waals surface area (Å²) >= 11 is 0. The third-order valence-electron chi connectivity index (χ3n) is 4.38. The third kappa shape index (κ3) is 2.91. The molecule has 1 aliphatic heterocycles. The van der Waals surface area contributed by atoms with Crippen molar-refractivity contribution in [3.05, 3.63) is 11.6 Å². The summed E-state index contributed by atoms with van der Waals surface area (Å²) < 4.78 is 0. The average molecular weight is 294 g/mol. The monoisotopic (exact) mass is 294 g/mol. The van der Waals surface area contributed by atoms with E-state index in [4.69, 9.17) is 0 Å². The Kier molecular flexibility index (Phi) is 4.29. The van der Waals surface area contributed by atoms with Crippen molar-refractivity contribution < 1.29 is 14.7 Å². The second-order valence-corrected chi connectivity index (χ2v) is 5.93. The molecule has 0 unspecified atom stereocenters. The van der Waals surface area contributed by atoms with Gasteiger partial charge in [-0.2, -0.15) is 0 Å². The number of carbonyl (C=O) groups is 2. The first kappa shape index (κ1) is 15.5. The molecule has 7 nitrogen and oxygen atoms in total. The van der Waals surface area contributed by atoms with Crippen LogP contribution in [0.1, 0.15) is 62.4 Å². The van der Waals surface area contributed by atoms with E-state index >= 15 is 0 Å². The number of rotatable bonds is 4. The number of carboxylic acid groups (broad SMARTS) is 1. The van der Waals surface area contributed by atoms with E-state index in [0.29, 0.717) is 38.2 Å². The van der Waals surface area contributed by atoms with Crippen LogP contribution < -0.4 is 0 Å². The number of nitrogens with one attached hydrogen (secondary N) is 1. The van der Waals surface area contributed by atoms with Crippen LogP contribution in [0.25, 0.3) is 0 Å². The molecule has 1 aromatic rings.